The van der Waals surface area contributed by atoms with E-state index in [-0.39, 0.29) is 17.4 Å². The zero-order chi connectivity index (χ0) is 22.5. The molecule has 3 aromatic rings. The first-order valence-corrected chi connectivity index (χ1v) is 11.8. The summed E-state index contributed by atoms with van der Waals surface area (Å²) in [6.45, 7) is 3.84. The second-order valence-electron chi connectivity index (χ2n) is 6.91. The molecule has 10 heteroatoms. The first-order valence-electron chi connectivity index (χ1n) is 9.44. The molecule has 2 amide bonds. The van der Waals surface area contributed by atoms with E-state index in [1.54, 1.807) is 0 Å². The summed E-state index contributed by atoms with van der Waals surface area (Å²) < 4.78 is 0.923. The molecule has 2 aromatic carbocycles. The Morgan fingerprint density at radius 2 is 1.84 bits per heavy atom. The van der Waals surface area contributed by atoms with Crippen LogP contribution in [0.4, 0.5) is 5.13 Å². The molecule has 0 fully saturated rings. The number of nitrogens with one attached hydrogen (secondary N) is 2. The van der Waals surface area contributed by atoms with E-state index >= 15 is 0 Å². The molecule has 6 nitrogen and oxygen atoms in total. The highest BCUT2D eigenvalue weighted by Crippen LogP contribution is 2.28. The maximum absolute atomic E-state index is 13.0. The highest BCUT2D eigenvalue weighted by Gasteiger charge is 2.27. The molecule has 1 heterocycles. The topological polar surface area (TPSA) is 84.0 Å². The molecule has 3 rings (SSSR count). The maximum atomic E-state index is 13.0. The summed E-state index contributed by atoms with van der Waals surface area (Å²) in [6, 6.07) is 11.4. The molecule has 0 bridgehead atoms. The smallest absolute Gasteiger partial charge is 0.252 e. The lowest BCUT2D eigenvalue weighted by molar-refractivity contribution is -0.119. The van der Waals surface area contributed by atoms with Gasteiger partial charge in [-0.05, 0) is 36.2 Å². The van der Waals surface area contributed by atoms with Gasteiger partial charge in [-0.15, -0.1) is 10.2 Å². The molecule has 0 unspecified atom stereocenters. The van der Waals surface area contributed by atoms with Crippen LogP contribution in [0, 0.1) is 5.92 Å². The molecule has 2 N–H and O–H groups in total. The van der Waals surface area contributed by atoms with Crippen molar-refractivity contribution in [2.45, 2.75) is 26.3 Å². The third-order valence-corrected chi connectivity index (χ3v) is 6.45. The zero-order valence-electron chi connectivity index (χ0n) is 16.7. The second kappa shape index (κ2) is 10.5. The number of amides is 2. The van der Waals surface area contributed by atoms with Crippen LogP contribution in [0.3, 0.4) is 0 Å². The average molecular weight is 542 g/mol. The van der Waals surface area contributed by atoms with Crippen molar-refractivity contribution in [2.24, 2.45) is 5.92 Å². The average Bonchev–Trinajstić information content (AvgIpc) is 3.19. The Balaban J connectivity index is 1.75. The van der Waals surface area contributed by atoms with Gasteiger partial charge in [0, 0.05) is 25.6 Å². The summed E-state index contributed by atoms with van der Waals surface area (Å²) in [5.74, 6) is -0.916. The summed E-state index contributed by atoms with van der Waals surface area (Å²) in [5, 5.41) is 15.5. The molecule has 0 saturated heterocycles. The van der Waals surface area contributed by atoms with Crippen molar-refractivity contribution in [1.29, 1.82) is 0 Å². The molecule has 0 radical (unpaired) electrons. The molecule has 2 atom stereocenters. The van der Waals surface area contributed by atoms with Crippen LogP contribution >= 0.6 is 50.5 Å². The number of aromatic nitrogens is 2. The van der Waals surface area contributed by atoms with Crippen LogP contribution in [0.5, 0.6) is 0 Å². The van der Waals surface area contributed by atoms with Gasteiger partial charge in [-0.25, -0.2) is 0 Å². The van der Waals surface area contributed by atoms with E-state index in [2.05, 4.69) is 36.8 Å². The van der Waals surface area contributed by atoms with E-state index in [1.807, 2.05) is 38.1 Å². The van der Waals surface area contributed by atoms with Crippen LogP contribution in [0.2, 0.25) is 10.0 Å². The van der Waals surface area contributed by atoms with Gasteiger partial charge in [-0.3, -0.25) is 14.9 Å². The quantitative estimate of drug-likeness (QED) is 0.381. The molecular weight excluding hydrogens is 523 g/mol. The van der Waals surface area contributed by atoms with Crippen molar-refractivity contribution >= 4 is 67.4 Å². The number of carbonyl (C=O) groups excluding carboxylic acids is 2. The summed E-state index contributed by atoms with van der Waals surface area (Å²) in [5.41, 5.74) is 1.17. The normalized spacial score (nSPS) is 12.8. The Kier molecular flexibility index (Phi) is 8.05. The van der Waals surface area contributed by atoms with Gasteiger partial charge in [-0.1, -0.05) is 82.9 Å². The van der Waals surface area contributed by atoms with E-state index in [0.717, 1.165) is 10.0 Å². The van der Waals surface area contributed by atoms with E-state index in [0.29, 0.717) is 26.6 Å². The zero-order valence-corrected chi connectivity index (χ0v) is 20.6. The Morgan fingerprint density at radius 1 is 1.13 bits per heavy atom. The molecule has 0 aliphatic rings. The van der Waals surface area contributed by atoms with Crippen LogP contribution < -0.4 is 10.6 Å². The summed E-state index contributed by atoms with van der Waals surface area (Å²) >= 11 is 16.7. The number of nitrogens with zero attached hydrogens (tertiary/aromatic N) is 2. The molecule has 0 aliphatic heterocycles. The van der Waals surface area contributed by atoms with E-state index < -0.39 is 11.9 Å². The summed E-state index contributed by atoms with van der Waals surface area (Å²) in [6.07, 6.45) is 0.689. The lowest BCUT2D eigenvalue weighted by Gasteiger charge is -2.23. The van der Waals surface area contributed by atoms with Crippen LogP contribution in [-0.2, 0) is 4.79 Å². The van der Waals surface area contributed by atoms with Gasteiger partial charge in [0.15, 0.2) is 0 Å². The minimum Gasteiger partial charge on any atom is -0.340 e. The monoisotopic (exact) mass is 540 g/mol. The van der Waals surface area contributed by atoms with Crippen LogP contribution in [0.1, 0.15) is 30.6 Å². The third kappa shape index (κ3) is 6.26. The molecule has 1 aromatic heterocycles. The van der Waals surface area contributed by atoms with Gasteiger partial charge in [0.2, 0.25) is 11.0 Å². The van der Waals surface area contributed by atoms with E-state index in [1.165, 1.54) is 29.5 Å². The minimum absolute atomic E-state index is 0.115. The molecule has 0 aliphatic carbocycles. The lowest BCUT2D eigenvalue weighted by Crippen LogP contribution is -2.47. The summed E-state index contributed by atoms with van der Waals surface area (Å²) in [4.78, 5) is 25.7. The fourth-order valence-electron chi connectivity index (χ4n) is 2.81. The van der Waals surface area contributed by atoms with Gasteiger partial charge in [0.25, 0.3) is 5.91 Å². The van der Waals surface area contributed by atoms with Crippen molar-refractivity contribution in [3.05, 3.63) is 62.5 Å². The number of hydrogen-bond donors (Lipinski definition) is 2. The number of carbonyl (C=O) groups is 2. The molecular formula is C21H19BrCl2N4O2S. The Morgan fingerprint density at radius 3 is 2.48 bits per heavy atom. The Hall–Kier alpha value is -2.00. The van der Waals surface area contributed by atoms with E-state index in [9.17, 15) is 9.59 Å². The fourth-order valence-corrected chi connectivity index (χ4v) is 4.47. The van der Waals surface area contributed by atoms with Crippen molar-refractivity contribution in [3.63, 3.8) is 0 Å². The Bertz CT molecular complexity index is 1090. The van der Waals surface area contributed by atoms with Crippen molar-refractivity contribution in [3.8, 4) is 10.6 Å². The van der Waals surface area contributed by atoms with Crippen molar-refractivity contribution < 1.29 is 9.59 Å². The van der Waals surface area contributed by atoms with Crippen molar-refractivity contribution in [2.75, 3.05) is 5.32 Å². The molecule has 0 saturated carbocycles. The first-order chi connectivity index (χ1) is 14.8. The number of anilines is 1. The van der Waals surface area contributed by atoms with Gasteiger partial charge in [0.1, 0.15) is 11.0 Å². The standard InChI is InChI=1S/C21H19BrCl2N4O2S/c1-3-11(2)17(25-18(29)13-8-15(23)10-16(24)9-13)19(30)26-21-28-27-20(31-21)12-5-4-6-14(22)7-12/h4-11,17H,3H2,1-2H3,(H,25,29)(H,26,28,30)/t11-,17+/m1/s1. The number of hydrogen-bond acceptors (Lipinski definition) is 5. The number of benzene rings is 2. The second-order valence-corrected chi connectivity index (χ2v) is 9.67. The van der Waals surface area contributed by atoms with Crippen LogP contribution in [0.15, 0.2) is 46.9 Å². The van der Waals surface area contributed by atoms with Gasteiger partial charge >= 0.3 is 0 Å². The Labute approximate surface area is 202 Å². The van der Waals surface area contributed by atoms with Crippen molar-refractivity contribution in [1.82, 2.24) is 15.5 Å². The van der Waals surface area contributed by atoms with Gasteiger partial charge in [0.05, 0.1) is 0 Å². The highest BCUT2D eigenvalue weighted by molar-refractivity contribution is 9.10. The molecule has 31 heavy (non-hydrogen) atoms. The predicted octanol–water partition coefficient (Wildman–Crippen LogP) is 6.06. The molecule has 0 spiro atoms. The number of halogens is 3. The maximum Gasteiger partial charge on any atom is 0.252 e. The van der Waals surface area contributed by atoms with Gasteiger partial charge in [-0.2, -0.15) is 0 Å². The van der Waals surface area contributed by atoms with Gasteiger partial charge < -0.3 is 5.32 Å². The third-order valence-electron chi connectivity index (χ3n) is 4.63. The molecule has 162 valence electrons. The number of rotatable bonds is 7. The first kappa shape index (κ1) is 23.7. The SMILES string of the molecule is CC[C@@H](C)[C@H](NC(=O)c1cc(Cl)cc(Cl)c1)C(=O)Nc1nnc(-c2cccc(Br)c2)s1. The lowest BCUT2D eigenvalue weighted by atomic mass is 9.98. The van der Waals surface area contributed by atoms with Crippen LogP contribution in [0.25, 0.3) is 10.6 Å². The minimum atomic E-state index is -0.770. The van der Waals surface area contributed by atoms with E-state index in [4.69, 9.17) is 23.2 Å². The highest BCUT2D eigenvalue weighted by atomic mass is 79.9. The fraction of sp³-hybridized carbons (Fsp3) is 0.238. The summed E-state index contributed by atoms with van der Waals surface area (Å²) in [7, 11) is 0. The predicted molar refractivity (Wildman–Crippen MR) is 129 cm³/mol. The largest absolute Gasteiger partial charge is 0.340 e. The van der Waals surface area contributed by atoms with Crippen LogP contribution in [-0.4, -0.2) is 28.1 Å².